The number of hydrogen-bond acceptors (Lipinski definition) is 4. The number of aromatic nitrogens is 5. The molecule has 0 saturated heterocycles. The fourth-order valence-corrected chi connectivity index (χ4v) is 3.65. The van der Waals surface area contributed by atoms with Gasteiger partial charge in [-0.1, -0.05) is 65.9 Å². The van der Waals surface area contributed by atoms with Gasteiger partial charge in [-0.2, -0.15) is 0 Å². The fraction of sp³-hybridized carbons (Fsp3) is 0.0769. The quantitative estimate of drug-likeness (QED) is 0.391. The van der Waals surface area contributed by atoms with Crippen LogP contribution in [0.15, 0.2) is 97.5 Å². The number of nitrogens with one attached hydrogen (secondary N) is 1. The Bertz CT molecular complexity index is 1390. The van der Waals surface area contributed by atoms with Gasteiger partial charge in [-0.05, 0) is 35.4 Å². The van der Waals surface area contributed by atoms with Crippen LogP contribution in [0.1, 0.15) is 21.6 Å². The predicted octanol–water partition coefficient (Wildman–Crippen LogP) is 4.63. The summed E-state index contributed by atoms with van der Waals surface area (Å²) in [5.74, 6) is -0.247. The van der Waals surface area contributed by atoms with E-state index in [1.165, 1.54) is 12.1 Å². The van der Waals surface area contributed by atoms with Gasteiger partial charge in [-0.15, -0.1) is 5.10 Å². The lowest BCUT2D eigenvalue weighted by atomic mass is 10.1. The van der Waals surface area contributed by atoms with E-state index in [1.54, 1.807) is 29.3 Å². The summed E-state index contributed by atoms with van der Waals surface area (Å²) < 4.78 is 16.9. The molecule has 0 aliphatic rings. The van der Waals surface area contributed by atoms with Crippen LogP contribution in [0.2, 0.25) is 0 Å². The summed E-state index contributed by atoms with van der Waals surface area (Å²) in [5.41, 5.74) is 3.53. The van der Waals surface area contributed by atoms with Crippen LogP contribution in [-0.2, 0) is 13.1 Å². The zero-order valence-electron chi connectivity index (χ0n) is 18.2. The van der Waals surface area contributed by atoms with Crippen LogP contribution in [-0.4, -0.2) is 30.5 Å². The molecule has 8 heteroatoms. The second kappa shape index (κ2) is 9.50. The molecule has 5 aromatic rings. The summed E-state index contributed by atoms with van der Waals surface area (Å²) in [5, 5.41) is 11.1. The molecule has 7 nitrogen and oxygen atoms in total. The third kappa shape index (κ3) is 4.75. The second-order valence-corrected chi connectivity index (χ2v) is 7.80. The number of amides is 1. The van der Waals surface area contributed by atoms with E-state index < -0.39 is 5.91 Å². The van der Waals surface area contributed by atoms with E-state index in [0.29, 0.717) is 30.2 Å². The SMILES string of the molecule is O=C(Nc1c(-c2ccc(F)cc2)ncn1Cc1ccccc1)c1cn(Cc2ccccc2)nn1. The molecule has 2 heterocycles. The molecule has 0 spiro atoms. The molecule has 34 heavy (non-hydrogen) atoms. The highest BCUT2D eigenvalue weighted by Gasteiger charge is 2.19. The first kappa shape index (κ1) is 21.3. The Morgan fingerprint density at radius 2 is 1.50 bits per heavy atom. The van der Waals surface area contributed by atoms with Crippen LogP contribution in [0.4, 0.5) is 10.2 Å². The maximum Gasteiger partial charge on any atom is 0.279 e. The van der Waals surface area contributed by atoms with Crippen molar-refractivity contribution in [2.45, 2.75) is 13.1 Å². The number of nitrogens with zero attached hydrogens (tertiary/aromatic N) is 5. The van der Waals surface area contributed by atoms with Gasteiger partial charge in [0.1, 0.15) is 17.3 Å². The van der Waals surface area contributed by atoms with Crippen LogP contribution in [0, 0.1) is 5.82 Å². The average Bonchev–Trinajstić information content (AvgIpc) is 3.48. The normalized spacial score (nSPS) is 10.9. The number of rotatable bonds is 7. The molecule has 0 bridgehead atoms. The van der Waals surface area contributed by atoms with Crippen LogP contribution in [0.25, 0.3) is 11.3 Å². The zero-order chi connectivity index (χ0) is 23.3. The predicted molar refractivity (Wildman–Crippen MR) is 127 cm³/mol. The van der Waals surface area contributed by atoms with E-state index in [1.807, 2.05) is 65.2 Å². The Morgan fingerprint density at radius 3 is 2.18 bits per heavy atom. The maximum absolute atomic E-state index is 13.5. The molecule has 1 N–H and O–H groups in total. The van der Waals surface area contributed by atoms with E-state index in [2.05, 4.69) is 20.6 Å². The summed E-state index contributed by atoms with van der Waals surface area (Å²) in [4.78, 5) is 17.6. The Morgan fingerprint density at radius 1 is 0.853 bits per heavy atom. The van der Waals surface area contributed by atoms with E-state index in [4.69, 9.17) is 0 Å². The van der Waals surface area contributed by atoms with Gasteiger partial charge >= 0.3 is 0 Å². The van der Waals surface area contributed by atoms with Gasteiger partial charge in [0, 0.05) is 5.56 Å². The number of carbonyl (C=O) groups is 1. The molecule has 5 rings (SSSR count). The first-order chi connectivity index (χ1) is 16.7. The first-order valence-electron chi connectivity index (χ1n) is 10.8. The second-order valence-electron chi connectivity index (χ2n) is 7.80. The lowest BCUT2D eigenvalue weighted by Gasteiger charge is -2.11. The number of carbonyl (C=O) groups excluding carboxylic acids is 1. The van der Waals surface area contributed by atoms with Crippen LogP contribution in [0.5, 0.6) is 0 Å². The minimum absolute atomic E-state index is 0.188. The van der Waals surface area contributed by atoms with Gasteiger partial charge in [0.2, 0.25) is 0 Å². The van der Waals surface area contributed by atoms with Gasteiger partial charge in [-0.3, -0.25) is 4.79 Å². The van der Waals surface area contributed by atoms with Crippen molar-refractivity contribution in [1.82, 2.24) is 24.5 Å². The van der Waals surface area contributed by atoms with E-state index >= 15 is 0 Å². The topological polar surface area (TPSA) is 77.6 Å². The number of hydrogen-bond donors (Lipinski definition) is 1. The largest absolute Gasteiger partial charge is 0.312 e. The van der Waals surface area contributed by atoms with Crippen molar-refractivity contribution in [3.05, 3.63) is 120 Å². The van der Waals surface area contributed by atoms with Crippen molar-refractivity contribution < 1.29 is 9.18 Å². The van der Waals surface area contributed by atoms with Crippen molar-refractivity contribution in [3.8, 4) is 11.3 Å². The highest BCUT2D eigenvalue weighted by Crippen LogP contribution is 2.28. The van der Waals surface area contributed by atoms with Crippen LogP contribution >= 0.6 is 0 Å². The lowest BCUT2D eigenvalue weighted by Crippen LogP contribution is -2.16. The van der Waals surface area contributed by atoms with Gasteiger partial charge in [0.15, 0.2) is 5.69 Å². The highest BCUT2D eigenvalue weighted by atomic mass is 19.1. The summed E-state index contributed by atoms with van der Waals surface area (Å²) in [6.45, 7) is 1.01. The van der Waals surface area contributed by atoms with Crippen molar-refractivity contribution >= 4 is 11.7 Å². The first-order valence-corrected chi connectivity index (χ1v) is 10.8. The Hall–Kier alpha value is -4.59. The number of benzene rings is 3. The lowest BCUT2D eigenvalue weighted by molar-refractivity contribution is 0.102. The van der Waals surface area contributed by atoms with Crippen molar-refractivity contribution in [3.63, 3.8) is 0 Å². The smallest absolute Gasteiger partial charge is 0.279 e. The molecule has 1 amide bonds. The van der Waals surface area contributed by atoms with Crippen LogP contribution in [0.3, 0.4) is 0 Å². The molecular weight excluding hydrogens is 431 g/mol. The van der Waals surface area contributed by atoms with Crippen molar-refractivity contribution in [2.24, 2.45) is 0 Å². The average molecular weight is 452 g/mol. The number of anilines is 1. The molecule has 2 aromatic heterocycles. The summed E-state index contributed by atoms with van der Waals surface area (Å²) in [6.07, 6.45) is 3.27. The van der Waals surface area contributed by atoms with Gasteiger partial charge in [-0.25, -0.2) is 14.1 Å². The Labute approximate surface area is 195 Å². The van der Waals surface area contributed by atoms with E-state index in [-0.39, 0.29) is 11.5 Å². The molecule has 0 radical (unpaired) electrons. The van der Waals surface area contributed by atoms with E-state index in [9.17, 15) is 9.18 Å². The third-order valence-electron chi connectivity index (χ3n) is 5.34. The highest BCUT2D eigenvalue weighted by molar-refractivity contribution is 6.03. The van der Waals surface area contributed by atoms with Crippen molar-refractivity contribution in [1.29, 1.82) is 0 Å². The minimum Gasteiger partial charge on any atom is -0.312 e. The maximum atomic E-state index is 13.5. The monoisotopic (exact) mass is 452 g/mol. The summed E-state index contributed by atoms with van der Waals surface area (Å²) >= 11 is 0. The molecule has 0 aliphatic heterocycles. The Balaban J connectivity index is 1.42. The molecule has 0 saturated carbocycles. The summed E-state index contributed by atoms with van der Waals surface area (Å²) in [6, 6.07) is 25.7. The molecule has 3 aromatic carbocycles. The third-order valence-corrected chi connectivity index (χ3v) is 5.34. The molecule has 0 atom stereocenters. The molecular formula is C26H21FN6O. The zero-order valence-corrected chi connectivity index (χ0v) is 18.2. The minimum atomic E-state index is -0.405. The fourth-order valence-electron chi connectivity index (χ4n) is 3.65. The van der Waals surface area contributed by atoms with Gasteiger partial charge < -0.3 is 9.88 Å². The molecule has 0 unspecified atom stereocenters. The number of imidazole rings is 1. The van der Waals surface area contributed by atoms with E-state index in [0.717, 1.165) is 11.1 Å². The Kier molecular flexibility index (Phi) is 5.94. The van der Waals surface area contributed by atoms with Crippen molar-refractivity contribution in [2.75, 3.05) is 5.32 Å². The van der Waals surface area contributed by atoms with Gasteiger partial charge in [0.05, 0.1) is 25.6 Å². The molecule has 168 valence electrons. The van der Waals surface area contributed by atoms with Crippen LogP contribution < -0.4 is 5.32 Å². The van der Waals surface area contributed by atoms with Gasteiger partial charge in [0.25, 0.3) is 5.91 Å². The number of halogens is 1. The summed E-state index contributed by atoms with van der Waals surface area (Å²) in [7, 11) is 0. The molecule has 0 aliphatic carbocycles. The molecule has 0 fully saturated rings. The standard InChI is InChI=1S/C26H21FN6O/c27-22-13-11-21(12-14-22)24-25(32(18-28-24)15-19-7-3-1-4-8-19)29-26(34)23-17-33(31-30-23)16-20-9-5-2-6-10-20/h1-14,17-18H,15-16H2,(H,29,34).